The third kappa shape index (κ3) is 5.92. The van der Waals surface area contributed by atoms with Crippen molar-refractivity contribution in [3.8, 4) is 0 Å². The molecule has 3 heteroatoms. The lowest BCUT2D eigenvalue weighted by molar-refractivity contribution is -0.117. The van der Waals surface area contributed by atoms with Crippen molar-refractivity contribution in [1.82, 2.24) is 4.42 Å². The van der Waals surface area contributed by atoms with Crippen molar-refractivity contribution in [1.29, 1.82) is 0 Å². The van der Waals surface area contributed by atoms with Gasteiger partial charge < -0.3 is 0 Å². The van der Waals surface area contributed by atoms with E-state index in [1.807, 2.05) is 0 Å². The van der Waals surface area contributed by atoms with E-state index in [9.17, 15) is 4.79 Å². The summed E-state index contributed by atoms with van der Waals surface area (Å²) in [7, 11) is 1.64. The van der Waals surface area contributed by atoms with Crippen LogP contribution in [0.5, 0.6) is 0 Å². The predicted octanol–water partition coefficient (Wildman–Crippen LogP) is 0.661. The lowest BCUT2D eigenvalue weighted by atomic mass is 10.5. The van der Waals surface area contributed by atoms with Crippen LogP contribution < -0.4 is 0 Å². The van der Waals surface area contributed by atoms with E-state index in [2.05, 4.69) is 0 Å². The number of hydrogen-bond acceptors (Lipinski definition) is 2. The number of likely N-dealkylation sites (N-methyl/N-ethyl adjacent to an activating group) is 1. The van der Waals surface area contributed by atoms with Crippen molar-refractivity contribution >= 4 is 17.6 Å². The lowest BCUT2D eigenvalue weighted by Gasteiger charge is -1.99. The minimum absolute atomic E-state index is 0.0810. The Morgan fingerprint density at radius 3 is 2.29 bits per heavy atom. The maximum Gasteiger partial charge on any atom is 0.145 e. The van der Waals surface area contributed by atoms with Crippen LogP contribution in [0.25, 0.3) is 0 Å². The molecule has 0 fully saturated rings. The van der Waals surface area contributed by atoms with Gasteiger partial charge in [0.05, 0.1) is 6.54 Å². The smallest absolute Gasteiger partial charge is 0.145 e. The molecule has 0 saturated heterocycles. The molecule has 0 heterocycles. The van der Waals surface area contributed by atoms with Crippen LogP contribution in [0.2, 0.25) is 0 Å². The average molecular weight is 122 g/mol. The molecule has 0 amide bonds. The summed E-state index contributed by atoms with van der Waals surface area (Å²) in [6, 6.07) is 0. The molecule has 0 atom stereocenters. The molecule has 0 N–H and O–H groups in total. The van der Waals surface area contributed by atoms with Gasteiger partial charge in [0, 0.05) is 7.05 Å². The van der Waals surface area contributed by atoms with E-state index in [1.165, 1.54) is 11.3 Å². The molecule has 0 saturated carbocycles. The zero-order chi connectivity index (χ0) is 5.86. The zero-order valence-corrected chi connectivity index (χ0v) is 5.20. The van der Waals surface area contributed by atoms with Crippen molar-refractivity contribution in [2.24, 2.45) is 0 Å². The molecule has 0 aromatic rings. The molecule has 0 spiro atoms. The van der Waals surface area contributed by atoms with E-state index in [0.717, 1.165) is 0 Å². The topological polar surface area (TPSA) is 20.3 Å². The van der Waals surface area contributed by atoms with Crippen LogP contribution in [-0.4, -0.2) is 23.8 Å². The summed E-state index contributed by atoms with van der Waals surface area (Å²) in [6.45, 7) is 1.82. The number of carbonyl (C=O) groups is 1. The minimum atomic E-state index is 0.0810. The number of rotatable bonds is 2. The monoisotopic (exact) mass is 121 g/mol. The van der Waals surface area contributed by atoms with Gasteiger partial charge in [-0.05, 0) is 18.7 Å². The van der Waals surface area contributed by atoms with E-state index < -0.39 is 0 Å². The SMILES string of the molecule is CC(=O)CN(C)Cl. The van der Waals surface area contributed by atoms with Crippen LogP contribution in [0.15, 0.2) is 0 Å². The highest BCUT2D eigenvalue weighted by molar-refractivity contribution is 6.14. The van der Waals surface area contributed by atoms with Gasteiger partial charge in [0.2, 0.25) is 0 Å². The molecule has 0 unspecified atom stereocenters. The van der Waals surface area contributed by atoms with Crippen molar-refractivity contribution < 1.29 is 4.79 Å². The predicted molar refractivity (Wildman–Crippen MR) is 29.2 cm³/mol. The van der Waals surface area contributed by atoms with Crippen LogP contribution in [0.3, 0.4) is 0 Å². The maximum absolute atomic E-state index is 10.1. The second-order valence-corrected chi connectivity index (χ2v) is 2.04. The first-order valence-corrected chi connectivity index (χ1v) is 2.33. The molecule has 2 nitrogen and oxygen atoms in total. The fourth-order valence-corrected chi connectivity index (χ4v) is 0.475. The molecule has 0 aliphatic carbocycles. The number of carbonyl (C=O) groups excluding carboxylic acids is 1. The Hall–Kier alpha value is -0.0800. The summed E-state index contributed by atoms with van der Waals surface area (Å²) in [5.41, 5.74) is 0. The summed E-state index contributed by atoms with van der Waals surface area (Å²) in [5.74, 6) is 0.0810. The van der Waals surface area contributed by atoms with Crippen LogP contribution in [-0.2, 0) is 4.79 Å². The van der Waals surface area contributed by atoms with Gasteiger partial charge in [-0.1, -0.05) is 0 Å². The molecular formula is C4H8ClNO. The van der Waals surface area contributed by atoms with E-state index in [1.54, 1.807) is 7.05 Å². The van der Waals surface area contributed by atoms with Gasteiger partial charge in [-0.3, -0.25) is 4.79 Å². The van der Waals surface area contributed by atoms with Crippen LogP contribution >= 0.6 is 11.8 Å². The highest BCUT2D eigenvalue weighted by atomic mass is 35.5. The van der Waals surface area contributed by atoms with Crippen molar-refractivity contribution in [2.75, 3.05) is 13.6 Å². The first kappa shape index (κ1) is 6.92. The average Bonchev–Trinajstić information content (AvgIpc) is 1.27. The van der Waals surface area contributed by atoms with E-state index >= 15 is 0 Å². The Labute approximate surface area is 48.2 Å². The molecule has 0 bridgehead atoms. The van der Waals surface area contributed by atoms with Gasteiger partial charge in [-0.25, -0.2) is 4.42 Å². The second kappa shape index (κ2) is 2.99. The summed E-state index contributed by atoms with van der Waals surface area (Å²) in [5, 5.41) is 0. The molecule has 0 radical (unpaired) electrons. The highest BCUT2D eigenvalue weighted by Crippen LogP contribution is 1.84. The van der Waals surface area contributed by atoms with Gasteiger partial charge in [0.25, 0.3) is 0 Å². The van der Waals surface area contributed by atoms with E-state index in [-0.39, 0.29) is 5.78 Å². The van der Waals surface area contributed by atoms with E-state index in [4.69, 9.17) is 11.8 Å². The van der Waals surface area contributed by atoms with Gasteiger partial charge in [-0.15, -0.1) is 0 Å². The first-order valence-electron chi connectivity index (χ1n) is 1.99. The normalized spacial score (nSPS) is 9.71. The molecule has 7 heavy (non-hydrogen) atoms. The van der Waals surface area contributed by atoms with Crippen molar-refractivity contribution in [3.63, 3.8) is 0 Å². The Balaban J connectivity index is 3.13. The quantitative estimate of drug-likeness (QED) is 0.501. The summed E-state index contributed by atoms with van der Waals surface area (Å²) in [4.78, 5) is 10.1. The Bertz CT molecular complexity index is 72.1. The van der Waals surface area contributed by atoms with Gasteiger partial charge in [-0.2, -0.15) is 0 Å². The molecular weight excluding hydrogens is 114 g/mol. The number of Topliss-reactive ketones (excluding diaryl/α,β-unsaturated/α-hetero) is 1. The van der Waals surface area contributed by atoms with Crippen molar-refractivity contribution in [3.05, 3.63) is 0 Å². The Morgan fingerprint density at radius 1 is 1.86 bits per heavy atom. The number of halogens is 1. The standard InChI is InChI=1S/C4H8ClNO/c1-4(7)3-6(2)5/h3H2,1-2H3. The minimum Gasteiger partial charge on any atom is -0.299 e. The molecule has 0 rings (SSSR count). The number of hydrogen-bond donors (Lipinski definition) is 0. The largest absolute Gasteiger partial charge is 0.299 e. The Kier molecular flexibility index (Phi) is 2.96. The van der Waals surface area contributed by atoms with Crippen molar-refractivity contribution in [2.45, 2.75) is 6.92 Å². The zero-order valence-electron chi connectivity index (χ0n) is 4.44. The van der Waals surface area contributed by atoms with E-state index in [0.29, 0.717) is 6.54 Å². The Morgan fingerprint density at radius 2 is 2.29 bits per heavy atom. The maximum atomic E-state index is 10.1. The highest BCUT2D eigenvalue weighted by Gasteiger charge is 1.93. The molecule has 42 valence electrons. The van der Waals surface area contributed by atoms with Crippen LogP contribution in [0, 0.1) is 0 Å². The fraction of sp³-hybridized carbons (Fsp3) is 0.750. The van der Waals surface area contributed by atoms with Gasteiger partial charge >= 0.3 is 0 Å². The van der Waals surface area contributed by atoms with Gasteiger partial charge in [0.1, 0.15) is 5.78 Å². The van der Waals surface area contributed by atoms with Crippen LogP contribution in [0.1, 0.15) is 6.92 Å². The lowest BCUT2D eigenvalue weighted by Crippen LogP contribution is -2.13. The molecule has 0 aliphatic rings. The fourth-order valence-electron chi connectivity index (χ4n) is 0.307. The summed E-state index contributed by atoms with van der Waals surface area (Å²) < 4.78 is 1.32. The summed E-state index contributed by atoms with van der Waals surface area (Å²) in [6.07, 6.45) is 0. The number of ketones is 1. The third-order valence-electron chi connectivity index (χ3n) is 0.441. The summed E-state index contributed by atoms with van der Waals surface area (Å²) >= 11 is 5.29. The second-order valence-electron chi connectivity index (χ2n) is 1.46. The number of nitrogens with zero attached hydrogens (tertiary/aromatic N) is 1. The first-order chi connectivity index (χ1) is 3.13. The van der Waals surface area contributed by atoms with Crippen LogP contribution in [0.4, 0.5) is 0 Å². The van der Waals surface area contributed by atoms with Gasteiger partial charge in [0.15, 0.2) is 0 Å². The third-order valence-corrected chi connectivity index (χ3v) is 0.560. The molecule has 0 aromatic carbocycles. The molecule has 0 aromatic heterocycles. The molecule has 0 aliphatic heterocycles.